The van der Waals surface area contributed by atoms with Gasteiger partial charge in [0, 0.05) is 18.0 Å². The van der Waals surface area contributed by atoms with Crippen LogP contribution in [0.15, 0.2) is 47.8 Å². The summed E-state index contributed by atoms with van der Waals surface area (Å²) in [5, 5.41) is 5.79. The minimum Gasteiger partial charge on any atom is -0.380 e. The molecule has 1 aromatic heterocycles. The highest BCUT2D eigenvalue weighted by molar-refractivity contribution is 7.10. The molecule has 19 heavy (non-hydrogen) atoms. The molecule has 0 radical (unpaired) electrons. The Morgan fingerprint density at radius 1 is 1.05 bits per heavy atom. The number of benzene rings is 1. The second-order valence-electron chi connectivity index (χ2n) is 4.76. The highest BCUT2D eigenvalue weighted by atomic mass is 32.1. The van der Waals surface area contributed by atoms with Crippen molar-refractivity contribution in [2.75, 3.05) is 7.11 Å². The van der Waals surface area contributed by atoms with Crippen LogP contribution < -0.4 is 5.32 Å². The number of ether oxygens (including phenoxy) is 1. The first-order valence-electron chi connectivity index (χ1n) is 6.59. The third-order valence-corrected chi connectivity index (χ3v) is 4.40. The van der Waals surface area contributed by atoms with Gasteiger partial charge in [0.1, 0.15) is 0 Å². The van der Waals surface area contributed by atoms with E-state index in [4.69, 9.17) is 4.74 Å². The molecule has 2 rings (SSSR count). The first-order chi connectivity index (χ1) is 9.22. The summed E-state index contributed by atoms with van der Waals surface area (Å²) < 4.78 is 5.41. The standard InChI is InChI=1S/C16H21NOS/c1-12(13(2)18-3)17-16(15-10-7-11-19-15)14-8-5-4-6-9-14/h4-13,16-17H,1-3H3. The van der Waals surface area contributed by atoms with E-state index in [0.29, 0.717) is 0 Å². The van der Waals surface area contributed by atoms with Gasteiger partial charge in [0.05, 0.1) is 12.1 Å². The number of methoxy groups -OCH3 is 1. The average Bonchev–Trinajstić information content (AvgIpc) is 2.98. The van der Waals surface area contributed by atoms with E-state index in [0.717, 1.165) is 0 Å². The maximum Gasteiger partial charge on any atom is 0.0693 e. The molecule has 2 nitrogen and oxygen atoms in total. The molecule has 0 saturated heterocycles. The van der Waals surface area contributed by atoms with Gasteiger partial charge in [-0.15, -0.1) is 11.3 Å². The van der Waals surface area contributed by atoms with Gasteiger partial charge in [0.15, 0.2) is 0 Å². The van der Waals surface area contributed by atoms with E-state index in [2.05, 4.69) is 67.0 Å². The van der Waals surface area contributed by atoms with E-state index in [9.17, 15) is 0 Å². The van der Waals surface area contributed by atoms with E-state index in [1.165, 1.54) is 10.4 Å². The van der Waals surface area contributed by atoms with Crippen molar-refractivity contribution < 1.29 is 4.74 Å². The Morgan fingerprint density at radius 3 is 2.37 bits per heavy atom. The second kappa shape index (κ2) is 6.85. The molecule has 3 unspecified atom stereocenters. The maximum absolute atomic E-state index is 5.41. The van der Waals surface area contributed by atoms with E-state index < -0.39 is 0 Å². The molecule has 102 valence electrons. The van der Waals surface area contributed by atoms with Gasteiger partial charge in [-0.2, -0.15) is 0 Å². The maximum atomic E-state index is 5.41. The minimum atomic E-state index is 0.186. The molecule has 0 aliphatic rings. The van der Waals surface area contributed by atoms with Crippen molar-refractivity contribution in [2.45, 2.75) is 32.0 Å². The predicted molar refractivity (Wildman–Crippen MR) is 81.7 cm³/mol. The highest BCUT2D eigenvalue weighted by Crippen LogP contribution is 2.26. The Labute approximate surface area is 119 Å². The third kappa shape index (κ3) is 3.66. The predicted octanol–water partition coefficient (Wildman–Crippen LogP) is 3.85. The molecule has 0 saturated carbocycles. The molecule has 0 spiro atoms. The average molecular weight is 275 g/mol. The van der Waals surface area contributed by atoms with Crippen molar-refractivity contribution in [1.29, 1.82) is 0 Å². The second-order valence-corrected chi connectivity index (χ2v) is 5.73. The van der Waals surface area contributed by atoms with Crippen LogP contribution in [0.3, 0.4) is 0 Å². The minimum absolute atomic E-state index is 0.186. The lowest BCUT2D eigenvalue weighted by Crippen LogP contribution is -2.39. The molecule has 1 N–H and O–H groups in total. The van der Waals surface area contributed by atoms with Gasteiger partial charge in [0.2, 0.25) is 0 Å². The molecule has 0 aliphatic heterocycles. The first-order valence-corrected chi connectivity index (χ1v) is 7.47. The quantitative estimate of drug-likeness (QED) is 0.864. The lowest BCUT2D eigenvalue weighted by molar-refractivity contribution is 0.0862. The van der Waals surface area contributed by atoms with Gasteiger partial charge < -0.3 is 10.1 Å². The SMILES string of the molecule is COC(C)C(C)NC(c1ccccc1)c1cccs1. The number of hydrogen-bond donors (Lipinski definition) is 1. The molecule has 0 aliphatic carbocycles. The Kier molecular flexibility index (Phi) is 5.14. The van der Waals surface area contributed by atoms with Crippen LogP contribution in [-0.2, 0) is 4.74 Å². The van der Waals surface area contributed by atoms with Crippen LogP contribution in [0.2, 0.25) is 0 Å². The van der Waals surface area contributed by atoms with Crippen LogP contribution in [0.25, 0.3) is 0 Å². The fourth-order valence-corrected chi connectivity index (χ4v) is 2.86. The van der Waals surface area contributed by atoms with E-state index in [-0.39, 0.29) is 18.2 Å². The number of rotatable bonds is 6. The Balaban J connectivity index is 2.21. The Morgan fingerprint density at radius 2 is 1.79 bits per heavy atom. The summed E-state index contributed by atoms with van der Waals surface area (Å²) in [7, 11) is 1.76. The monoisotopic (exact) mass is 275 g/mol. The smallest absolute Gasteiger partial charge is 0.0693 e. The zero-order valence-electron chi connectivity index (χ0n) is 11.7. The first kappa shape index (κ1) is 14.3. The van der Waals surface area contributed by atoms with Crippen molar-refractivity contribution in [1.82, 2.24) is 5.32 Å². The van der Waals surface area contributed by atoms with Crippen LogP contribution in [-0.4, -0.2) is 19.3 Å². The van der Waals surface area contributed by atoms with Crippen molar-refractivity contribution in [2.24, 2.45) is 0 Å². The van der Waals surface area contributed by atoms with Crippen molar-refractivity contribution in [3.63, 3.8) is 0 Å². The van der Waals surface area contributed by atoms with Crippen molar-refractivity contribution in [3.05, 3.63) is 58.3 Å². The largest absolute Gasteiger partial charge is 0.380 e. The fraction of sp³-hybridized carbons (Fsp3) is 0.375. The highest BCUT2D eigenvalue weighted by Gasteiger charge is 2.20. The van der Waals surface area contributed by atoms with Gasteiger partial charge in [-0.1, -0.05) is 36.4 Å². The van der Waals surface area contributed by atoms with Crippen LogP contribution in [0.4, 0.5) is 0 Å². The van der Waals surface area contributed by atoms with Crippen molar-refractivity contribution >= 4 is 11.3 Å². The summed E-state index contributed by atoms with van der Waals surface area (Å²) in [4.78, 5) is 1.33. The lowest BCUT2D eigenvalue weighted by atomic mass is 10.0. The summed E-state index contributed by atoms with van der Waals surface area (Å²) in [6.07, 6.45) is 0.186. The van der Waals surface area contributed by atoms with Crippen LogP contribution in [0.1, 0.15) is 30.3 Å². The molecule has 0 amide bonds. The molecule has 3 heteroatoms. The van der Waals surface area contributed by atoms with Gasteiger partial charge >= 0.3 is 0 Å². The third-order valence-electron chi connectivity index (χ3n) is 3.47. The normalized spacial score (nSPS) is 15.9. The van der Waals surface area contributed by atoms with E-state index in [1.54, 1.807) is 18.4 Å². The molecule has 2 aromatic rings. The molecule has 3 atom stereocenters. The Bertz CT molecular complexity index is 469. The molecule has 0 fully saturated rings. The van der Waals surface area contributed by atoms with Gasteiger partial charge in [-0.05, 0) is 30.9 Å². The van der Waals surface area contributed by atoms with Gasteiger partial charge in [0.25, 0.3) is 0 Å². The van der Waals surface area contributed by atoms with E-state index >= 15 is 0 Å². The topological polar surface area (TPSA) is 21.3 Å². The van der Waals surface area contributed by atoms with E-state index in [1.807, 2.05) is 0 Å². The molecular formula is C16H21NOS. The number of thiophene rings is 1. The Hall–Kier alpha value is -1.16. The fourth-order valence-electron chi connectivity index (χ4n) is 2.05. The van der Waals surface area contributed by atoms with Gasteiger partial charge in [-0.25, -0.2) is 0 Å². The summed E-state index contributed by atoms with van der Waals surface area (Å²) in [5.74, 6) is 0. The summed E-state index contributed by atoms with van der Waals surface area (Å²) in [5.41, 5.74) is 1.29. The molecule has 1 heterocycles. The summed E-state index contributed by atoms with van der Waals surface area (Å²) in [6, 6.07) is 15.4. The number of hydrogen-bond acceptors (Lipinski definition) is 3. The molecule has 1 aromatic carbocycles. The van der Waals surface area contributed by atoms with Crippen molar-refractivity contribution in [3.8, 4) is 0 Å². The molecular weight excluding hydrogens is 254 g/mol. The zero-order valence-corrected chi connectivity index (χ0v) is 12.5. The lowest BCUT2D eigenvalue weighted by Gasteiger charge is -2.26. The van der Waals surface area contributed by atoms with Crippen LogP contribution in [0.5, 0.6) is 0 Å². The zero-order chi connectivity index (χ0) is 13.7. The van der Waals surface area contributed by atoms with Gasteiger partial charge in [-0.3, -0.25) is 0 Å². The number of nitrogens with one attached hydrogen (secondary N) is 1. The summed E-state index contributed by atoms with van der Waals surface area (Å²) in [6.45, 7) is 4.26. The summed E-state index contributed by atoms with van der Waals surface area (Å²) >= 11 is 1.78. The molecule has 0 bridgehead atoms. The van der Waals surface area contributed by atoms with Crippen LogP contribution >= 0.6 is 11.3 Å². The van der Waals surface area contributed by atoms with Crippen LogP contribution in [0, 0.1) is 0 Å².